The fourth-order valence-corrected chi connectivity index (χ4v) is 4.20. The van der Waals surface area contributed by atoms with E-state index in [2.05, 4.69) is 0 Å². The van der Waals surface area contributed by atoms with Gasteiger partial charge in [0.15, 0.2) is 5.79 Å². The predicted molar refractivity (Wildman–Crippen MR) is 92.6 cm³/mol. The Balaban J connectivity index is 1.50. The minimum atomic E-state index is -0.668. The SMILES string of the molecule is O=C(C1CCCN1C(=O)c1ccccc1O)N1CCCC2(C1)OCCO2. The fraction of sp³-hybridized carbons (Fsp3) is 0.579. The Morgan fingerprint density at radius 1 is 1.12 bits per heavy atom. The van der Waals surface area contributed by atoms with E-state index in [-0.39, 0.29) is 23.1 Å². The first-order valence-electron chi connectivity index (χ1n) is 9.25. The number of ether oxygens (including phenoxy) is 2. The molecule has 3 aliphatic heterocycles. The standard InChI is InChI=1S/C19H24N2O5/c22-16-7-2-1-5-14(16)17(23)21-10-3-6-15(21)18(24)20-9-4-8-19(13-20)25-11-12-26-19/h1-2,5,7,15,22H,3-4,6,8-13H2. The molecule has 1 aromatic rings. The number of piperidine rings is 1. The van der Waals surface area contributed by atoms with E-state index in [0.717, 1.165) is 19.3 Å². The van der Waals surface area contributed by atoms with Gasteiger partial charge in [-0.3, -0.25) is 9.59 Å². The summed E-state index contributed by atoms with van der Waals surface area (Å²) in [7, 11) is 0. The zero-order valence-corrected chi connectivity index (χ0v) is 14.7. The van der Waals surface area contributed by atoms with Crippen LogP contribution in [0.5, 0.6) is 5.75 Å². The van der Waals surface area contributed by atoms with Gasteiger partial charge in [-0.1, -0.05) is 12.1 Å². The number of likely N-dealkylation sites (tertiary alicyclic amines) is 2. The quantitative estimate of drug-likeness (QED) is 0.862. The highest BCUT2D eigenvalue weighted by molar-refractivity contribution is 5.99. The molecule has 7 nitrogen and oxygen atoms in total. The maximum Gasteiger partial charge on any atom is 0.258 e. The van der Waals surface area contributed by atoms with E-state index in [4.69, 9.17) is 9.47 Å². The Morgan fingerprint density at radius 3 is 2.65 bits per heavy atom. The van der Waals surface area contributed by atoms with E-state index < -0.39 is 11.8 Å². The average molecular weight is 360 g/mol. The predicted octanol–water partition coefficient (Wildman–Crippen LogP) is 1.36. The lowest BCUT2D eigenvalue weighted by Crippen LogP contribution is -2.55. The summed E-state index contributed by atoms with van der Waals surface area (Å²) in [5.41, 5.74) is 0.241. The summed E-state index contributed by atoms with van der Waals surface area (Å²) >= 11 is 0. The third kappa shape index (κ3) is 3.05. The van der Waals surface area contributed by atoms with Crippen molar-refractivity contribution in [1.29, 1.82) is 0 Å². The number of carbonyl (C=O) groups is 2. The van der Waals surface area contributed by atoms with Crippen LogP contribution >= 0.6 is 0 Å². The molecule has 1 atom stereocenters. The second kappa shape index (κ2) is 6.89. The minimum absolute atomic E-state index is 0.0514. The first-order chi connectivity index (χ1) is 12.6. The van der Waals surface area contributed by atoms with Crippen molar-refractivity contribution >= 4 is 11.8 Å². The van der Waals surface area contributed by atoms with E-state index in [9.17, 15) is 14.7 Å². The summed E-state index contributed by atoms with van der Waals surface area (Å²) in [6.07, 6.45) is 3.04. The van der Waals surface area contributed by atoms with E-state index in [1.165, 1.54) is 6.07 Å². The molecule has 140 valence electrons. The molecular weight excluding hydrogens is 336 g/mol. The topological polar surface area (TPSA) is 79.3 Å². The summed E-state index contributed by atoms with van der Waals surface area (Å²) in [6, 6.07) is 5.98. The summed E-state index contributed by atoms with van der Waals surface area (Å²) in [5, 5.41) is 9.98. The number of aromatic hydroxyl groups is 1. The molecule has 7 heteroatoms. The van der Waals surface area contributed by atoms with Gasteiger partial charge in [-0.25, -0.2) is 0 Å². The number of phenols is 1. The van der Waals surface area contributed by atoms with Gasteiger partial charge < -0.3 is 24.4 Å². The normalized spacial score (nSPS) is 25.0. The summed E-state index contributed by atoms with van der Waals surface area (Å²) in [4.78, 5) is 29.4. The van der Waals surface area contributed by atoms with Crippen LogP contribution in [0.3, 0.4) is 0 Å². The Kier molecular flexibility index (Phi) is 4.58. The van der Waals surface area contributed by atoms with Gasteiger partial charge in [0.25, 0.3) is 5.91 Å². The first kappa shape index (κ1) is 17.3. The number of nitrogens with zero attached hydrogens (tertiary/aromatic N) is 2. The van der Waals surface area contributed by atoms with Crippen LogP contribution < -0.4 is 0 Å². The Hall–Kier alpha value is -2.12. The van der Waals surface area contributed by atoms with Crippen LogP contribution in [0.25, 0.3) is 0 Å². The molecule has 0 saturated carbocycles. The Morgan fingerprint density at radius 2 is 1.88 bits per heavy atom. The number of carbonyl (C=O) groups excluding carboxylic acids is 2. The third-order valence-electron chi connectivity index (χ3n) is 5.48. The van der Waals surface area contributed by atoms with E-state index >= 15 is 0 Å². The van der Waals surface area contributed by atoms with Crippen molar-refractivity contribution in [3.63, 3.8) is 0 Å². The Labute approximate surface area is 152 Å². The minimum Gasteiger partial charge on any atom is -0.507 e. The lowest BCUT2D eigenvalue weighted by atomic mass is 10.0. The number of benzene rings is 1. The number of hydrogen-bond donors (Lipinski definition) is 1. The van der Waals surface area contributed by atoms with Gasteiger partial charge in [0.2, 0.25) is 5.91 Å². The van der Waals surface area contributed by atoms with Gasteiger partial charge in [0.1, 0.15) is 11.8 Å². The van der Waals surface area contributed by atoms with Crippen LogP contribution in [0, 0.1) is 0 Å². The smallest absolute Gasteiger partial charge is 0.258 e. The van der Waals surface area contributed by atoms with Crippen LogP contribution in [-0.4, -0.2) is 71.4 Å². The molecule has 4 rings (SSSR count). The lowest BCUT2D eigenvalue weighted by molar-refractivity contribution is -0.194. The number of phenolic OH excluding ortho intramolecular Hbond substituents is 1. The second-order valence-corrected chi connectivity index (χ2v) is 7.14. The molecule has 3 fully saturated rings. The molecule has 1 spiro atoms. The molecule has 3 aliphatic rings. The average Bonchev–Trinajstić information content (AvgIpc) is 3.31. The molecule has 2 amide bonds. The van der Waals surface area contributed by atoms with E-state index in [1.807, 2.05) is 0 Å². The van der Waals surface area contributed by atoms with Crippen molar-refractivity contribution in [2.75, 3.05) is 32.8 Å². The zero-order chi connectivity index (χ0) is 18.1. The van der Waals surface area contributed by atoms with Crippen LogP contribution in [0.4, 0.5) is 0 Å². The highest BCUT2D eigenvalue weighted by Crippen LogP contribution is 2.32. The van der Waals surface area contributed by atoms with Gasteiger partial charge in [-0.2, -0.15) is 0 Å². The number of amides is 2. The summed E-state index contributed by atoms with van der Waals surface area (Å²) in [6.45, 7) is 2.71. The molecule has 1 unspecified atom stereocenters. The van der Waals surface area contributed by atoms with Gasteiger partial charge in [-0.05, 0) is 31.4 Å². The van der Waals surface area contributed by atoms with Crippen molar-refractivity contribution in [1.82, 2.24) is 9.80 Å². The van der Waals surface area contributed by atoms with E-state index in [1.54, 1.807) is 28.0 Å². The number of rotatable bonds is 2. The maximum absolute atomic E-state index is 13.1. The van der Waals surface area contributed by atoms with Gasteiger partial charge in [0.05, 0.1) is 25.3 Å². The highest BCUT2D eigenvalue weighted by Gasteiger charge is 2.45. The van der Waals surface area contributed by atoms with Crippen molar-refractivity contribution in [2.24, 2.45) is 0 Å². The highest BCUT2D eigenvalue weighted by atomic mass is 16.7. The molecule has 3 heterocycles. The van der Waals surface area contributed by atoms with Crippen molar-refractivity contribution in [3.05, 3.63) is 29.8 Å². The molecule has 0 aromatic heterocycles. The van der Waals surface area contributed by atoms with Crippen LogP contribution in [0.1, 0.15) is 36.0 Å². The van der Waals surface area contributed by atoms with Crippen molar-refractivity contribution in [3.8, 4) is 5.75 Å². The van der Waals surface area contributed by atoms with Crippen LogP contribution in [-0.2, 0) is 14.3 Å². The largest absolute Gasteiger partial charge is 0.507 e. The maximum atomic E-state index is 13.1. The number of hydrogen-bond acceptors (Lipinski definition) is 5. The molecule has 3 saturated heterocycles. The second-order valence-electron chi connectivity index (χ2n) is 7.14. The molecular formula is C19H24N2O5. The molecule has 0 radical (unpaired) electrons. The van der Waals surface area contributed by atoms with Crippen LogP contribution in [0.15, 0.2) is 24.3 Å². The Bertz CT molecular complexity index is 701. The summed E-state index contributed by atoms with van der Waals surface area (Å²) < 4.78 is 11.5. The van der Waals surface area contributed by atoms with Crippen LogP contribution in [0.2, 0.25) is 0 Å². The fourth-order valence-electron chi connectivity index (χ4n) is 4.20. The molecule has 0 bridgehead atoms. The number of para-hydroxylation sites is 1. The summed E-state index contributed by atoms with van der Waals surface area (Å²) in [5.74, 6) is -1.07. The molecule has 1 aromatic carbocycles. The van der Waals surface area contributed by atoms with Gasteiger partial charge in [-0.15, -0.1) is 0 Å². The van der Waals surface area contributed by atoms with Gasteiger partial charge in [0, 0.05) is 19.5 Å². The third-order valence-corrected chi connectivity index (χ3v) is 5.48. The van der Waals surface area contributed by atoms with E-state index in [0.29, 0.717) is 39.3 Å². The molecule has 1 N–H and O–H groups in total. The van der Waals surface area contributed by atoms with Crippen molar-refractivity contribution in [2.45, 2.75) is 37.5 Å². The van der Waals surface area contributed by atoms with Gasteiger partial charge >= 0.3 is 0 Å². The molecule has 0 aliphatic carbocycles. The molecule has 26 heavy (non-hydrogen) atoms. The lowest BCUT2D eigenvalue weighted by Gasteiger charge is -2.40. The monoisotopic (exact) mass is 360 g/mol. The zero-order valence-electron chi connectivity index (χ0n) is 14.7. The van der Waals surface area contributed by atoms with Crippen molar-refractivity contribution < 1.29 is 24.2 Å². The first-order valence-corrected chi connectivity index (χ1v) is 9.25.